The molecule has 0 amide bonds. The van der Waals surface area contributed by atoms with Gasteiger partial charge in [-0.05, 0) is 31.2 Å². The van der Waals surface area contributed by atoms with Crippen LogP contribution in [-0.4, -0.2) is 19.2 Å². The number of para-hydroxylation sites is 2. The van der Waals surface area contributed by atoms with Gasteiger partial charge in [0, 0.05) is 17.2 Å². The number of nitrogens with zero attached hydrogens (tertiary/aromatic N) is 1. The Kier molecular flexibility index (Phi) is 6.90. The van der Waals surface area contributed by atoms with Crippen molar-refractivity contribution in [3.05, 3.63) is 94.3 Å². The van der Waals surface area contributed by atoms with Gasteiger partial charge in [0.2, 0.25) is 5.88 Å². The molecule has 0 radical (unpaired) electrons. The van der Waals surface area contributed by atoms with E-state index in [4.69, 9.17) is 36.3 Å². The van der Waals surface area contributed by atoms with Gasteiger partial charge in [-0.15, -0.1) is 0 Å². The predicted molar refractivity (Wildman–Crippen MR) is 126 cm³/mol. The van der Waals surface area contributed by atoms with Crippen molar-refractivity contribution >= 4 is 17.6 Å². The summed E-state index contributed by atoms with van der Waals surface area (Å²) < 4.78 is 22.3. The van der Waals surface area contributed by atoms with Crippen LogP contribution in [-0.2, 0) is 4.79 Å². The number of nitrogens with two attached hydrogens (primary N) is 1. The van der Waals surface area contributed by atoms with E-state index in [-0.39, 0.29) is 23.8 Å². The van der Waals surface area contributed by atoms with Crippen LogP contribution < -0.4 is 24.7 Å². The summed E-state index contributed by atoms with van der Waals surface area (Å²) in [5.41, 5.74) is 7.85. The first-order chi connectivity index (χ1) is 16.5. The maximum absolute atomic E-state index is 12.3. The van der Waals surface area contributed by atoms with E-state index in [2.05, 4.69) is 6.07 Å². The number of fused-ring (bicyclic) bond motifs is 1. The largest absolute Gasteiger partial charge is 0.494 e. The lowest BCUT2D eigenvalue weighted by molar-refractivity contribution is -0.136. The normalized spacial score (nSPS) is 14.4. The fraction of sp³-hybridized carbons (Fsp3) is 0.154. The Labute approximate surface area is 201 Å². The first-order valence-corrected chi connectivity index (χ1v) is 10.9. The molecule has 7 nitrogen and oxygen atoms in total. The van der Waals surface area contributed by atoms with Crippen LogP contribution in [0.1, 0.15) is 24.0 Å². The summed E-state index contributed by atoms with van der Waals surface area (Å²) in [6, 6.07) is 21.4. The minimum atomic E-state index is -0.616. The maximum atomic E-state index is 12.3. The van der Waals surface area contributed by atoms with Crippen molar-refractivity contribution in [3.63, 3.8) is 0 Å². The molecule has 0 saturated heterocycles. The summed E-state index contributed by atoms with van der Waals surface area (Å²) in [6.45, 7) is 2.03. The van der Waals surface area contributed by atoms with E-state index in [0.717, 1.165) is 5.56 Å². The Bertz CT molecular complexity index is 1300. The van der Waals surface area contributed by atoms with E-state index in [1.807, 2.05) is 31.2 Å². The Balaban J connectivity index is 1.59. The number of hydrogen-bond acceptors (Lipinski definition) is 7. The standard InChI is InChI=1S/C26H21ClN2O5/c1-2-31-21-9-5-3-7-17(21)25-18-12-11-16(13-23(18)34-26(29)19(25)14-28)33-24(30)15-32-22-10-6-4-8-20(22)27/h3-13,25H,2,15,29H2,1H3. The molecule has 0 saturated carbocycles. The van der Waals surface area contributed by atoms with Gasteiger partial charge in [0.15, 0.2) is 6.61 Å². The van der Waals surface area contributed by atoms with Gasteiger partial charge in [0.05, 0.1) is 17.5 Å². The van der Waals surface area contributed by atoms with Crippen molar-refractivity contribution < 1.29 is 23.7 Å². The van der Waals surface area contributed by atoms with Crippen molar-refractivity contribution in [3.8, 4) is 29.1 Å². The van der Waals surface area contributed by atoms with Crippen LogP contribution in [0.25, 0.3) is 0 Å². The molecular formula is C26H21ClN2O5. The number of esters is 1. The first-order valence-electron chi connectivity index (χ1n) is 10.5. The Morgan fingerprint density at radius 2 is 1.79 bits per heavy atom. The Hall–Kier alpha value is -4.15. The average molecular weight is 477 g/mol. The van der Waals surface area contributed by atoms with Crippen LogP contribution in [0.3, 0.4) is 0 Å². The van der Waals surface area contributed by atoms with E-state index in [1.165, 1.54) is 0 Å². The van der Waals surface area contributed by atoms with Crippen LogP contribution in [0, 0.1) is 11.3 Å². The van der Waals surface area contributed by atoms with Gasteiger partial charge in [0.1, 0.15) is 34.6 Å². The lowest BCUT2D eigenvalue weighted by atomic mass is 9.83. The van der Waals surface area contributed by atoms with Gasteiger partial charge in [-0.25, -0.2) is 4.79 Å². The smallest absolute Gasteiger partial charge is 0.349 e. The second kappa shape index (κ2) is 10.2. The van der Waals surface area contributed by atoms with Crippen LogP contribution in [0.15, 0.2) is 78.2 Å². The number of nitriles is 1. The third-order valence-electron chi connectivity index (χ3n) is 5.13. The van der Waals surface area contributed by atoms with Crippen molar-refractivity contribution in [2.45, 2.75) is 12.8 Å². The molecule has 0 fully saturated rings. The molecule has 172 valence electrons. The minimum Gasteiger partial charge on any atom is -0.494 e. The fourth-order valence-electron chi connectivity index (χ4n) is 3.68. The van der Waals surface area contributed by atoms with Crippen LogP contribution in [0.4, 0.5) is 0 Å². The fourth-order valence-corrected chi connectivity index (χ4v) is 3.87. The number of benzene rings is 3. The maximum Gasteiger partial charge on any atom is 0.349 e. The highest BCUT2D eigenvalue weighted by atomic mass is 35.5. The molecule has 0 spiro atoms. The molecule has 0 aliphatic carbocycles. The third-order valence-corrected chi connectivity index (χ3v) is 5.45. The van der Waals surface area contributed by atoms with Crippen LogP contribution >= 0.6 is 11.6 Å². The van der Waals surface area contributed by atoms with Crippen LogP contribution in [0.2, 0.25) is 5.02 Å². The van der Waals surface area contributed by atoms with Gasteiger partial charge in [0.25, 0.3) is 0 Å². The van der Waals surface area contributed by atoms with E-state index in [0.29, 0.717) is 34.4 Å². The Morgan fingerprint density at radius 3 is 2.53 bits per heavy atom. The number of hydrogen-bond donors (Lipinski definition) is 1. The predicted octanol–water partition coefficient (Wildman–Crippen LogP) is 4.94. The molecule has 1 unspecified atom stereocenters. The molecule has 4 rings (SSSR count). The summed E-state index contributed by atoms with van der Waals surface area (Å²) in [7, 11) is 0. The molecule has 1 aliphatic rings. The number of ether oxygens (including phenoxy) is 4. The average Bonchev–Trinajstić information content (AvgIpc) is 2.83. The van der Waals surface area contributed by atoms with Crippen molar-refractivity contribution in [1.82, 2.24) is 0 Å². The summed E-state index contributed by atoms with van der Waals surface area (Å²) in [6.07, 6.45) is 0. The highest BCUT2D eigenvalue weighted by molar-refractivity contribution is 6.32. The monoisotopic (exact) mass is 476 g/mol. The number of halogens is 1. The second-order valence-corrected chi connectivity index (χ2v) is 7.70. The van der Waals surface area contributed by atoms with Gasteiger partial charge in [-0.1, -0.05) is 48.0 Å². The van der Waals surface area contributed by atoms with Crippen LogP contribution in [0.5, 0.6) is 23.0 Å². The lowest BCUT2D eigenvalue weighted by Crippen LogP contribution is -2.22. The highest BCUT2D eigenvalue weighted by Gasteiger charge is 2.32. The number of carbonyl (C=O) groups excluding carboxylic acids is 1. The molecule has 3 aromatic carbocycles. The molecule has 3 aromatic rings. The first kappa shape index (κ1) is 23.0. The van der Waals surface area contributed by atoms with Gasteiger partial charge >= 0.3 is 5.97 Å². The SMILES string of the molecule is CCOc1ccccc1C1C(C#N)=C(N)Oc2cc(OC(=O)COc3ccccc3Cl)ccc21. The summed E-state index contributed by atoms with van der Waals surface area (Å²) >= 11 is 6.04. The van der Waals surface area contributed by atoms with Crippen molar-refractivity contribution in [2.24, 2.45) is 5.73 Å². The van der Waals surface area contributed by atoms with E-state index >= 15 is 0 Å². The zero-order valence-electron chi connectivity index (χ0n) is 18.3. The lowest BCUT2D eigenvalue weighted by Gasteiger charge is -2.27. The zero-order chi connectivity index (χ0) is 24.1. The third kappa shape index (κ3) is 4.77. The molecule has 1 aliphatic heterocycles. The molecule has 8 heteroatoms. The zero-order valence-corrected chi connectivity index (χ0v) is 19.0. The number of allylic oxidation sites excluding steroid dienone is 1. The van der Waals surface area contributed by atoms with Gasteiger partial charge in [-0.2, -0.15) is 5.26 Å². The molecular weight excluding hydrogens is 456 g/mol. The van der Waals surface area contributed by atoms with E-state index in [9.17, 15) is 10.1 Å². The Morgan fingerprint density at radius 1 is 1.06 bits per heavy atom. The molecule has 2 N–H and O–H groups in total. The molecule has 1 heterocycles. The second-order valence-electron chi connectivity index (χ2n) is 7.29. The minimum absolute atomic E-state index is 0.0168. The summed E-state index contributed by atoms with van der Waals surface area (Å²) in [5, 5.41) is 10.2. The number of carbonyl (C=O) groups is 1. The topological polar surface area (TPSA) is 104 Å². The molecule has 0 aromatic heterocycles. The van der Waals surface area contributed by atoms with E-state index in [1.54, 1.807) is 42.5 Å². The summed E-state index contributed by atoms with van der Waals surface area (Å²) in [5.74, 6) is 0.529. The van der Waals surface area contributed by atoms with Gasteiger partial charge < -0.3 is 24.7 Å². The number of rotatable bonds is 7. The molecule has 0 bridgehead atoms. The quantitative estimate of drug-likeness (QED) is 0.380. The van der Waals surface area contributed by atoms with Crippen molar-refractivity contribution in [2.75, 3.05) is 13.2 Å². The molecule has 1 atom stereocenters. The van der Waals surface area contributed by atoms with Gasteiger partial charge in [-0.3, -0.25) is 0 Å². The summed E-state index contributed by atoms with van der Waals surface area (Å²) in [4.78, 5) is 12.3. The molecule has 34 heavy (non-hydrogen) atoms. The van der Waals surface area contributed by atoms with E-state index < -0.39 is 11.9 Å². The van der Waals surface area contributed by atoms with Crippen molar-refractivity contribution in [1.29, 1.82) is 5.26 Å². The highest BCUT2D eigenvalue weighted by Crippen LogP contribution is 2.45.